The zero-order chi connectivity index (χ0) is 13.1. The van der Waals surface area contributed by atoms with Crippen LogP contribution in [0.3, 0.4) is 0 Å². The van der Waals surface area contributed by atoms with Crippen LogP contribution in [-0.2, 0) is 19.9 Å². The molecule has 0 aliphatic heterocycles. The third-order valence-electron chi connectivity index (χ3n) is 3.09. The molecule has 1 heterocycles. The summed E-state index contributed by atoms with van der Waals surface area (Å²) >= 11 is 3.56. The van der Waals surface area contributed by atoms with Gasteiger partial charge in [-0.1, -0.05) is 31.2 Å². The highest BCUT2D eigenvalue weighted by Crippen LogP contribution is 2.28. The smallest absolute Gasteiger partial charge is 0.112 e. The molecule has 2 rings (SSSR count). The van der Waals surface area contributed by atoms with Gasteiger partial charge >= 0.3 is 0 Å². The van der Waals surface area contributed by atoms with E-state index in [0.717, 1.165) is 28.1 Å². The predicted molar refractivity (Wildman–Crippen MR) is 76.5 cm³/mol. The van der Waals surface area contributed by atoms with Crippen molar-refractivity contribution < 1.29 is 5.11 Å². The number of halogens is 1. The molecule has 0 saturated carbocycles. The maximum Gasteiger partial charge on any atom is 0.112 e. The van der Waals surface area contributed by atoms with Crippen LogP contribution in [0.5, 0.6) is 0 Å². The topological polar surface area (TPSA) is 38.1 Å². The average molecular weight is 309 g/mol. The molecule has 0 amide bonds. The standard InChI is InChI=1S/C14H17BrN2O/c1-3-10-4-6-11(7-5-10)13-14(15)17(2)12(16-13)8-9-18/h4-7,18H,3,8-9H2,1-2H3. The number of benzene rings is 1. The molecule has 0 fully saturated rings. The number of hydrogen-bond acceptors (Lipinski definition) is 2. The number of nitrogens with zero attached hydrogens (tertiary/aromatic N) is 2. The maximum absolute atomic E-state index is 9.01. The summed E-state index contributed by atoms with van der Waals surface area (Å²) in [5.74, 6) is 0.888. The lowest BCUT2D eigenvalue weighted by atomic mass is 10.1. The van der Waals surface area contributed by atoms with Gasteiger partial charge in [-0.15, -0.1) is 0 Å². The van der Waals surface area contributed by atoms with Crippen molar-refractivity contribution in [3.05, 3.63) is 40.3 Å². The number of aliphatic hydroxyl groups is 1. The summed E-state index contributed by atoms with van der Waals surface area (Å²) in [6.07, 6.45) is 1.61. The summed E-state index contributed by atoms with van der Waals surface area (Å²) in [6.45, 7) is 2.26. The highest BCUT2D eigenvalue weighted by molar-refractivity contribution is 9.10. The highest BCUT2D eigenvalue weighted by atomic mass is 79.9. The third kappa shape index (κ3) is 2.49. The van der Waals surface area contributed by atoms with Crippen LogP contribution in [0.25, 0.3) is 11.3 Å². The van der Waals surface area contributed by atoms with Crippen LogP contribution in [0.15, 0.2) is 28.9 Å². The first kappa shape index (κ1) is 13.3. The first-order valence-electron chi connectivity index (χ1n) is 6.08. The first-order chi connectivity index (χ1) is 8.67. The Labute approximate surface area is 116 Å². The molecule has 1 aromatic carbocycles. The Kier molecular flexibility index (Phi) is 4.19. The number of rotatable bonds is 4. The fourth-order valence-electron chi connectivity index (χ4n) is 1.93. The van der Waals surface area contributed by atoms with E-state index >= 15 is 0 Å². The minimum Gasteiger partial charge on any atom is -0.396 e. The van der Waals surface area contributed by atoms with Crippen molar-refractivity contribution in [3.63, 3.8) is 0 Å². The maximum atomic E-state index is 9.01. The number of aliphatic hydroxyl groups excluding tert-OH is 1. The normalized spacial score (nSPS) is 10.9. The van der Waals surface area contributed by atoms with Crippen molar-refractivity contribution in [2.75, 3.05) is 6.61 Å². The molecule has 18 heavy (non-hydrogen) atoms. The number of imidazole rings is 1. The molecule has 0 aliphatic carbocycles. The van der Waals surface area contributed by atoms with Gasteiger partial charge in [0.15, 0.2) is 0 Å². The first-order valence-corrected chi connectivity index (χ1v) is 6.88. The lowest BCUT2D eigenvalue weighted by Crippen LogP contribution is -2.00. The molecule has 0 spiro atoms. The monoisotopic (exact) mass is 308 g/mol. The number of aryl methyl sites for hydroxylation is 1. The van der Waals surface area contributed by atoms with Crippen molar-refractivity contribution in [3.8, 4) is 11.3 Å². The van der Waals surface area contributed by atoms with Gasteiger partial charge in [-0.2, -0.15) is 0 Å². The molecule has 0 unspecified atom stereocenters. The summed E-state index contributed by atoms with van der Waals surface area (Å²) < 4.78 is 2.93. The van der Waals surface area contributed by atoms with Crippen LogP contribution >= 0.6 is 15.9 Å². The molecule has 2 aromatic rings. The van der Waals surface area contributed by atoms with Gasteiger partial charge in [0.05, 0.1) is 6.61 Å². The van der Waals surface area contributed by atoms with Gasteiger partial charge in [0, 0.05) is 19.0 Å². The third-order valence-corrected chi connectivity index (χ3v) is 4.00. The van der Waals surface area contributed by atoms with E-state index in [1.54, 1.807) is 0 Å². The molecule has 0 radical (unpaired) electrons. The van der Waals surface area contributed by atoms with Gasteiger partial charge in [-0.25, -0.2) is 4.98 Å². The summed E-state index contributed by atoms with van der Waals surface area (Å²) in [5, 5.41) is 9.01. The van der Waals surface area contributed by atoms with Crippen molar-refractivity contribution >= 4 is 15.9 Å². The molecule has 4 heteroatoms. The van der Waals surface area contributed by atoms with Crippen LogP contribution in [0.4, 0.5) is 0 Å². The van der Waals surface area contributed by atoms with Gasteiger partial charge in [0.25, 0.3) is 0 Å². The second kappa shape index (κ2) is 5.67. The van der Waals surface area contributed by atoms with E-state index in [1.165, 1.54) is 5.56 Å². The Morgan fingerprint density at radius 1 is 1.28 bits per heavy atom. The number of hydrogen-bond donors (Lipinski definition) is 1. The van der Waals surface area contributed by atoms with Crippen molar-refractivity contribution in [2.45, 2.75) is 19.8 Å². The Morgan fingerprint density at radius 3 is 2.50 bits per heavy atom. The molecular formula is C14H17BrN2O. The second-order valence-electron chi connectivity index (χ2n) is 4.25. The van der Waals surface area contributed by atoms with Gasteiger partial charge in [0.1, 0.15) is 16.1 Å². The Morgan fingerprint density at radius 2 is 1.94 bits per heavy atom. The lowest BCUT2D eigenvalue weighted by Gasteiger charge is -2.01. The molecule has 1 aromatic heterocycles. The van der Waals surface area contributed by atoms with Crippen LogP contribution in [0, 0.1) is 0 Å². The predicted octanol–water partition coefficient (Wildman–Crippen LogP) is 2.95. The van der Waals surface area contributed by atoms with Gasteiger partial charge < -0.3 is 9.67 Å². The van der Waals surface area contributed by atoms with Crippen LogP contribution in [0.2, 0.25) is 0 Å². The second-order valence-corrected chi connectivity index (χ2v) is 5.00. The van der Waals surface area contributed by atoms with E-state index in [-0.39, 0.29) is 6.61 Å². The SMILES string of the molecule is CCc1ccc(-c2nc(CCO)n(C)c2Br)cc1. The zero-order valence-electron chi connectivity index (χ0n) is 10.7. The summed E-state index contributed by atoms with van der Waals surface area (Å²) in [7, 11) is 1.95. The fraction of sp³-hybridized carbons (Fsp3) is 0.357. The average Bonchev–Trinajstić information content (AvgIpc) is 2.68. The number of aromatic nitrogens is 2. The molecule has 3 nitrogen and oxygen atoms in total. The van der Waals surface area contributed by atoms with Crippen LogP contribution in [-0.4, -0.2) is 21.3 Å². The molecule has 0 bridgehead atoms. The van der Waals surface area contributed by atoms with Crippen molar-refractivity contribution in [1.82, 2.24) is 9.55 Å². The largest absolute Gasteiger partial charge is 0.396 e. The summed E-state index contributed by atoms with van der Waals surface area (Å²) in [6, 6.07) is 8.44. The Hall–Kier alpha value is -1.13. The minimum atomic E-state index is 0.117. The van der Waals surface area contributed by atoms with Gasteiger partial charge in [-0.3, -0.25) is 0 Å². The molecule has 0 atom stereocenters. The lowest BCUT2D eigenvalue weighted by molar-refractivity contribution is 0.295. The van der Waals surface area contributed by atoms with Gasteiger partial charge in [0.2, 0.25) is 0 Å². The van der Waals surface area contributed by atoms with E-state index < -0.39 is 0 Å². The fourth-order valence-corrected chi connectivity index (χ4v) is 2.45. The van der Waals surface area contributed by atoms with E-state index in [4.69, 9.17) is 5.11 Å². The minimum absolute atomic E-state index is 0.117. The van der Waals surface area contributed by atoms with Gasteiger partial charge in [-0.05, 0) is 27.9 Å². The molecule has 0 aliphatic rings. The highest BCUT2D eigenvalue weighted by Gasteiger charge is 2.13. The Balaban J connectivity index is 2.40. The van der Waals surface area contributed by atoms with Crippen molar-refractivity contribution in [2.24, 2.45) is 7.05 Å². The van der Waals surface area contributed by atoms with Crippen LogP contribution in [0.1, 0.15) is 18.3 Å². The summed E-state index contributed by atoms with van der Waals surface area (Å²) in [4.78, 5) is 4.58. The van der Waals surface area contributed by atoms with Crippen LogP contribution < -0.4 is 0 Å². The van der Waals surface area contributed by atoms with E-state index in [2.05, 4.69) is 52.1 Å². The summed E-state index contributed by atoms with van der Waals surface area (Å²) in [5.41, 5.74) is 3.35. The van der Waals surface area contributed by atoms with Crippen molar-refractivity contribution in [1.29, 1.82) is 0 Å². The van der Waals surface area contributed by atoms with E-state index in [1.807, 2.05) is 11.6 Å². The molecule has 0 saturated heterocycles. The molecule has 96 valence electrons. The molecular weight excluding hydrogens is 292 g/mol. The molecule has 1 N–H and O–H groups in total. The zero-order valence-corrected chi connectivity index (χ0v) is 12.2. The van der Waals surface area contributed by atoms with E-state index in [9.17, 15) is 0 Å². The quantitative estimate of drug-likeness (QED) is 0.943. The Bertz CT molecular complexity index is 531. The van der Waals surface area contributed by atoms with E-state index in [0.29, 0.717) is 6.42 Å².